The van der Waals surface area contributed by atoms with E-state index >= 15 is 0 Å². The number of anilines is 8. The Labute approximate surface area is 472 Å². The Kier molecular flexibility index (Phi) is 12.3. The lowest BCUT2D eigenvalue weighted by Gasteiger charge is -2.52. The molecule has 3 heterocycles. The molecule has 0 N–H and O–H groups in total. The van der Waals surface area contributed by atoms with Crippen molar-refractivity contribution in [1.29, 1.82) is 0 Å². The normalized spacial score (nSPS) is 19.3. The molecule has 2 atom stereocenters. The number of rotatable bonds is 4. The molecule has 3 nitrogen and oxygen atoms in total. The van der Waals surface area contributed by atoms with Crippen LogP contribution in [0.15, 0.2) is 133 Å². The summed E-state index contributed by atoms with van der Waals surface area (Å²) in [6.07, 6.45) is 4.61. The first kappa shape index (κ1) is 54.0. The highest BCUT2D eigenvalue weighted by Crippen LogP contribution is 2.64. The second-order valence-corrected chi connectivity index (χ2v) is 30.6. The zero-order valence-corrected chi connectivity index (χ0v) is 51.4. The van der Waals surface area contributed by atoms with Gasteiger partial charge in [0, 0.05) is 50.9 Å². The van der Waals surface area contributed by atoms with Crippen molar-refractivity contribution < 1.29 is 0 Å². The largest absolute Gasteiger partial charge is 0.334 e. The van der Waals surface area contributed by atoms with Crippen molar-refractivity contribution in [2.24, 2.45) is 0 Å². The zero-order valence-electron chi connectivity index (χ0n) is 51.4. The number of hydrogen-bond donors (Lipinski definition) is 0. The molecule has 3 aliphatic heterocycles. The van der Waals surface area contributed by atoms with Crippen LogP contribution in [0.5, 0.6) is 0 Å². The van der Waals surface area contributed by atoms with Gasteiger partial charge in [0.2, 0.25) is 0 Å². The summed E-state index contributed by atoms with van der Waals surface area (Å²) in [6.45, 7) is 47.3. The van der Waals surface area contributed by atoms with Crippen molar-refractivity contribution in [3.63, 3.8) is 0 Å². The van der Waals surface area contributed by atoms with E-state index in [-0.39, 0.29) is 50.2 Å². The Morgan fingerprint density at radius 1 is 0.372 bits per heavy atom. The Hall–Kier alpha value is -6.00. The predicted molar refractivity (Wildman–Crippen MR) is 340 cm³/mol. The van der Waals surface area contributed by atoms with E-state index in [4.69, 9.17) is 0 Å². The fraction of sp³-hybridized carbons (Fsp3) is 0.432. The topological polar surface area (TPSA) is 9.72 Å². The summed E-state index contributed by atoms with van der Waals surface area (Å²) in [4.78, 5) is 8.14. The highest BCUT2D eigenvalue weighted by atomic mass is 15.3. The third-order valence-corrected chi connectivity index (χ3v) is 19.0. The summed E-state index contributed by atoms with van der Waals surface area (Å²) >= 11 is 0. The molecule has 2 unspecified atom stereocenters. The van der Waals surface area contributed by atoms with Crippen LogP contribution < -0.4 is 31.1 Å². The molecule has 7 aromatic carbocycles. The van der Waals surface area contributed by atoms with E-state index in [1.165, 1.54) is 125 Å². The summed E-state index contributed by atoms with van der Waals surface area (Å²) in [5, 5.41) is 0. The van der Waals surface area contributed by atoms with Crippen LogP contribution in [0.25, 0.3) is 0 Å². The first-order chi connectivity index (χ1) is 36.2. The third kappa shape index (κ3) is 8.50. The molecule has 1 saturated carbocycles. The zero-order chi connectivity index (χ0) is 56.2. The number of hydrogen-bond acceptors (Lipinski definition) is 3. The quantitative estimate of drug-likeness (QED) is 0.163. The van der Waals surface area contributed by atoms with Gasteiger partial charge in [-0.05, 0) is 180 Å². The van der Waals surface area contributed by atoms with Crippen LogP contribution in [0, 0.1) is 6.92 Å². The number of aryl methyl sites for hydroxylation is 1. The van der Waals surface area contributed by atoms with E-state index in [0.29, 0.717) is 0 Å². The van der Waals surface area contributed by atoms with Gasteiger partial charge in [-0.3, -0.25) is 0 Å². The molecule has 7 aromatic rings. The van der Waals surface area contributed by atoms with E-state index in [1.807, 2.05) is 0 Å². The van der Waals surface area contributed by atoms with Crippen LogP contribution in [-0.4, -0.2) is 12.3 Å². The molecule has 0 aromatic heterocycles. The maximum absolute atomic E-state index is 2.83. The summed E-state index contributed by atoms with van der Waals surface area (Å²) in [5.74, 6) is 0. The van der Waals surface area contributed by atoms with E-state index in [0.717, 1.165) is 12.8 Å². The number of fused-ring (bicyclic) bond motifs is 7. The van der Waals surface area contributed by atoms with Crippen molar-refractivity contribution in [2.45, 2.75) is 208 Å². The van der Waals surface area contributed by atoms with Crippen LogP contribution in [0.3, 0.4) is 0 Å². The molecule has 0 bridgehead atoms. The van der Waals surface area contributed by atoms with E-state index in [2.05, 4.69) is 287 Å². The molecule has 0 spiro atoms. The smallest absolute Gasteiger partial charge is 0.252 e. The van der Waals surface area contributed by atoms with Crippen LogP contribution >= 0.6 is 0 Å². The highest BCUT2D eigenvalue weighted by molar-refractivity contribution is 7.00. The SMILES string of the molecule is Cc1cc(C(C)(C)C)ccc1N1c2ccc(C(C)(C)C)cc2B2c3ccc(N4c5ccc(C(C)(C)C)cc5C5(c6ccc(C(C)(C)C)cc6)CCCCC45C)cc3N(c3ccc(C(C)(C)C)cc3)c3cc(C(C)(C)C)cc1c32. The van der Waals surface area contributed by atoms with Gasteiger partial charge >= 0.3 is 0 Å². The van der Waals surface area contributed by atoms with Crippen LogP contribution in [0.1, 0.15) is 207 Å². The summed E-state index contributed by atoms with van der Waals surface area (Å²) in [6, 6.07) is 54.5. The Morgan fingerprint density at radius 2 is 0.833 bits per heavy atom. The lowest BCUT2D eigenvalue weighted by Crippen LogP contribution is -2.62. The van der Waals surface area contributed by atoms with Gasteiger partial charge < -0.3 is 14.7 Å². The Bertz CT molecular complexity index is 3500. The molecule has 1 fully saturated rings. The Balaban J connectivity index is 1.22. The lowest BCUT2D eigenvalue weighted by atomic mass is 9.33. The van der Waals surface area contributed by atoms with Crippen molar-refractivity contribution >= 4 is 68.6 Å². The molecule has 78 heavy (non-hydrogen) atoms. The first-order valence-electron chi connectivity index (χ1n) is 29.6. The second-order valence-electron chi connectivity index (χ2n) is 30.6. The average Bonchev–Trinajstić information content (AvgIpc) is 2.92. The van der Waals surface area contributed by atoms with Gasteiger partial charge in [-0.25, -0.2) is 0 Å². The molecule has 4 aliphatic rings. The molecule has 0 radical (unpaired) electrons. The lowest BCUT2D eigenvalue weighted by molar-refractivity contribution is 0.215. The fourth-order valence-electron chi connectivity index (χ4n) is 14.2. The van der Waals surface area contributed by atoms with Gasteiger partial charge in [-0.15, -0.1) is 0 Å². The van der Waals surface area contributed by atoms with Crippen LogP contribution in [0.4, 0.5) is 45.5 Å². The maximum Gasteiger partial charge on any atom is 0.252 e. The van der Waals surface area contributed by atoms with Gasteiger partial charge in [-0.1, -0.05) is 216 Å². The van der Waals surface area contributed by atoms with Gasteiger partial charge in [0.15, 0.2) is 0 Å². The number of benzene rings is 7. The minimum Gasteiger partial charge on any atom is -0.334 e. The van der Waals surface area contributed by atoms with Gasteiger partial charge in [0.05, 0.1) is 5.54 Å². The molecule has 404 valence electrons. The Morgan fingerprint density at radius 3 is 1.38 bits per heavy atom. The average molecular weight is 1030 g/mol. The summed E-state index contributed by atoms with van der Waals surface area (Å²) in [5.41, 5.74) is 26.1. The number of nitrogens with zero attached hydrogens (tertiary/aromatic N) is 3. The van der Waals surface area contributed by atoms with Crippen molar-refractivity contribution in [1.82, 2.24) is 0 Å². The molecular formula is C74H90BN3. The van der Waals surface area contributed by atoms with Gasteiger partial charge in [-0.2, -0.15) is 0 Å². The van der Waals surface area contributed by atoms with E-state index in [9.17, 15) is 0 Å². The maximum atomic E-state index is 2.83. The van der Waals surface area contributed by atoms with Gasteiger partial charge in [0.25, 0.3) is 6.71 Å². The predicted octanol–water partition coefficient (Wildman–Crippen LogP) is 18.6. The second kappa shape index (κ2) is 17.8. The molecule has 0 saturated heterocycles. The van der Waals surface area contributed by atoms with Crippen LogP contribution in [-0.2, 0) is 37.9 Å². The minimum absolute atomic E-state index is 0.00507. The molecule has 0 amide bonds. The van der Waals surface area contributed by atoms with Crippen molar-refractivity contribution in [3.05, 3.63) is 184 Å². The monoisotopic (exact) mass is 1030 g/mol. The van der Waals surface area contributed by atoms with E-state index in [1.54, 1.807) is 0 Å². The van der Waals surface area contributed by atoms with Crippen molar-refractivity contribution in [2.75, 3.05) is 14.7 Å². The summed E-state index contributed by atoms with van der Waals surface area (Å²) in [7, 11) is 0. The minimum atomic E-state index is -0.236. The summed E-state index contributed by atoms with van der Waals surface area (Å²) < 4.78 is 0. The van der Waals surface area contributed by atoms with Gasteiger partial charge in [0.1, 0.15) is 0 Å². The third-order valence-electron chi connectivity index (χ3n) is 19.0. The fourth-order valence-corrected chi connectivity index (χ4v) is 14.2. The van der Waals surface area contributed by atoms with Crippen LogP contribution in [0.2, 0.25) is 0 Å². The molecule has 11 rings (SSSR count). The first-order valence-corrected chi connectivity index (χ1v) is 29.6. The van der Waals surface area contributed by atoms with E-state index < -0.39 is 0 Å². The molecule has 4 heteroatoms. The highest BCUT2D eigenvalue weighted by Gasteiger charge is 2.61. The van der Waals surface area contributed by atoms with Crippen molar-refractivity contribution in [3.8, 4) is 0 Å². The standard InChI is InChI=1S/C74H90BN3/c1-47-41-51(69(8,9)10)29-36-60(47)77-62-38-31-53(71(14,15)16)43-59(62)75-58-35-34-56(46-63(58)76(55-32-27-49(28-33-55)68(5,6)7)64-44-54(72(17,18)19)45-65(77)66(64)75)78-61-37-30-52(70(11,12)13)42-57(61)74(40-22-21-39-73(74,78)20)50-25-23-48(24-26-50)67(2,3)4/h23-38,41-46H,21-22,39-40H2,1-20H3. The molecular weight excluding hydrogens is 942 g/mol. The molecule has 1 aliphatic carbocycles.